The number of carbonyl (C=O) groups excluding carboxylic acids is 1. The normalized spacial score (nSPS) is 20.9. The predicted octanol–water partition coefficient (Wildman–Crippen LogP) is 0.695. The van der Waals surface area contributed by atoms with Gasteiger partial charge in [0.2, 0.25) is 5.91 Å². The van der Waals surface area contributed by atoms with Gasteiger partial charge in [0.1, 0.15) is 12.2 Å². The minimum Gasteiger partial charge on any atom is -0.379 e. The fourth-order valence-electron chi connectivity index (χ4n) is 2.59. The Morgan fingerprint density at radius 1 is 1.58 bits per heavy atom. The molecule has 9 heteroatoms. The van der Waals surface area contributed by atoms with E-state index in [0.29, 0.717) is 32.7 Å². The average Bonchev–Trinajstić information content (AvgIpc) is 3.24. The number of aryl methyl sites for hydroxylation is 2. The lowest BCUT2D eigenvalue weighted by atomic mass is 10.1. The zero-order valence-electron chi connectivity index (χ0n) is 13.6. The average molecular weight is 351 g/mol. The first kappa shape index (κ1) is 17.0. The van der Waals surface area contributed by atoms with Crippen LogP contribution in [0.4, 0.5) is 0 Å². The highest BCUT2D eigenvalue weighted by Crippen LogP contribution is 2.15. The topological polar surface area (TPSA) is 91.2 Å². The lowest BCUT2D eigenvalue weighted by Gasteiger charge is -2.32. The predicted molar refractivity (Wildman–Crippen MR) is 87.4 cm³/mol. The van der Waals surface area contributed by atoms with E-state index in [1.54, 1.807) is 23.2 Å². The molecule has 0 aliphatic carbocycles. The number of hydrogen-bond acceptors (Lipinski definition) is 7. The van der Waals surface area contributed by atoms with Crippen LogP contribution in [0, 0.1) is 0 Å². The van der Waals surface area contributed by atoms with E-state index in [0.717, 1.165) is 17.9 Å². The van der Waals surface area contributed by atoms with Gasteiger partial charge in [-0.1, -0.05) is 0 Å². The Hall–Kier alpha value is -1.84. The third-order valence-electron chi connectivity index (χ3n) is 3.95. The number of hydrogen-bond donors (Lipinski definition) is 1. The van der Waals surface area contributed by atoms with Crippen LogP contribution in [0.25, 0.3) is 0 Å². The van der Waals surface area contributed by atoms with Gasteiger partial charge >= 0.3 is 0 Å². The first-order valence-corrected chi connectivity index (χ1v) is 8.85. The molecule has 2 aromatic heterocycles. The fraction of sp³-hybridized carbons (Fsp3) is 0.600. The van der Waals surface area contributed by atoms with Crippen LogP contribution in [-0.4, -0.2) is 51.0 Å². The molecule has 24 heavy (non-hydrogen) atoms. The molecule has 2 aromatic rings. The Labute approximate surface area is 144 Å². The van der Waals surface area contributed by atoms with Crippen molar-refractivity contribution in [1.29, 1.82) is 0 Å². The SMILES string of the molecule is Cn1cnnc1CCC(=O)N[C@@H]1COCC[C@@H]1OCc1cscn1. The summed E-state index contributed by atoms with van der Waals surface area (Å²) in [5.74, 6) is 0.761. The van der Waals surface area contributed by atoms with Crippen LogP contribution in [0.15, 0.2) is 17.2 Å². The van der Waals surface area contributed by atoms with Gasteiger partial charge in [-0.25, -0.2) is 4.98 Å². The Balaban J connectivity index is 1.47. The summed E-state index contributed by atoms with van der Waals surface area (Å²) in [5.41, 5.74) is 2.70. The molecule has 0 saturated carbocycles. The maximum absolute atomic E-state index is 12.2. The zero-order valence-corrected chi connectivity index (χ0v) is 14.4. The molecule has 130 valence electrons. The number of carbonyl (C=O) groups is 1. The molecule has 0 radical (unpaired) electrons. The summed E-state index contributed by atoms with van der Waals surface area (Å²) < 4.78 is 13.2. The number of ether oxygens (including phenoxy) is 2. The molecule has 1 saturated heterocycles. The lowest BCUT2D eigenvalue weighted by Crippen LogP contribution is -2.50. The number of nitrogens with one attached hydrogen (secondary N) is 1. The molecule has 0 aromatic carbocycles. The smallest absolute Gasteiger partial charge is 0.220 e. The number of aromatic nitrogens is 4. The van der Waals surface area contributed by atoms with Crippen molar-refractivity contribution in [2.24, 2.45) is 7.05 Å². The van der Waals surface area contributed by atoms with Gasteiger partial charge in [0.25, 0.3) is 0 Å². The molecule has 3 rings (SSSR count). The zero-order chi connectivity index (χ0) is 16.8. The maximum Gasteiger partial charge on any atom is 0.220 e. The summed E-state index contributed by atoms with van der Waals surface area (Å²) in [6.45, 7) is 1.57. The van der Waals surface area contributed by atoms with Crippen LogP contribution < -0.4 is 5.32 Å². The minimum absolute atomic E-state index is 0.0317. The summed E-state index contributed by atoms with van der Waals surface area (Å²) in [6, 6.07) is -0.135. The first-order valence-electron chi connectivity index (χ1n) is 7.91. The van der Waals surface area contributed by atoms with Gasteiger partial charge in [-0.15, -0.1) is 21.5 Å². The maximum atomic E-state index is 12.2. The molecule has 1 N–H and O–H groups in total. The van der Waals surface area contributed by atoms with Crippen molar-refractivity contribution in [2.75, 3.05) is 13.2 Å². The van der Waals surface area contributed by atoms with E-state index in [9.17, 15) is 4.79 Å². The van der Waals surface area contributed by atoms with Gasteiger partial charge in [-0.3, -0.25) is 4.79 Å². The van der Waals surface area contributed by atoms with Crippen molar-refractivity contribution in [1.82, 2.24) is 25.1 Å². The Morgan fingerprint density at radius 2 is 2.50 bits per heavy atom. The van der Waals surface area contributed by atoms with Crippen LogP contribution in [-0.2, 0) is 34.3 Å². The Morgan fingerprint density at radius 3 is 3.25 bits per heavy atom. The summed E-state index contributed by atoms with van der Waals surface area (Å²) in [5, 5.41) is 12.8. The third kappa shape index (κ3) is 4.59. The molecule has 0 unspecified atom stereocenters. The van der Waals surface area contributed by atoms with E-state index in [-0.39, 0.29) is 18.1 Å². The monoisotopic (exact) mass is 351 g/mol. The molecule has 8 nitrogen and oxygen atoms in total. The minimum atomic E-state index is -0.135. The van der Waals surface area contributed by atoms with Crippen LogP contribution >= 0.6 is 11.3 Å². The van der Waals surface area contributed by atoms with E-state index in [1.165, 1.54) is 0 Å². The highest BCUT2D eigenvalue weighted by Gasteiger charge is 2.28. The van der Waals surface area contributed by atoms with Gasteiger partial charge in [0.05, 0.1) is 36.6 Å². The molecule has 1 fully saturated rings. The quantitative estimate of drug-likeness (QED) is 0.789. The second-order valence-corrected chi connectivity index (χ2v) is 6.44. The van der Waals surface area contributed by atoms with Crippen molar-refractivity contribution in [2.45, 2.75) is 38.0 Å². The Kier molecular flexibility index (Phi) is 5.89. The van der Waals surface area contributed by atoms with E-state index in [1.807, 2.05) is 17.0 Å². The van der Waals surface area contributed by atoms with Crippen LogP contribution in [0.3, 0.4) is 0 Å². The van der Waals surface area contributed by atoms with Gasteiger partial charge in [0, 0.05) is 31.9 Å². The molecule has 1 amide bonds. The van der Waals surface area contributed by atoms with Gasteiger partial charge in [0.15, 0.2) is 0 Å². The summed E-state index contributed by atoms with van der Waals surface area (Å²) in [7, 11) is 1.87. The van der Waals surface area contributed by atoms with Crippen molar-refractivity contribution in [3.8, 4) is 0 Å². The standard InChI is InChI=1S/C15H21N5O3S/c1-20-9-17-19-14(20)2-3-15(21)18-12-7-22-5-4-13(12)23-6-11-8-24-10-16-11/h8-10,12-13H,2-7H2,1H3,(H,18,21)/t12-,13+/m1/s1. The number of amides is 1. The van der Waals surface area contributed by atoms with Crippen LogP contribution in [0.5, 0.6) is 0 Å². The number of rotatable bonds is 7. The van der Waals surface area contributed by atoms with Crippen molar-refractivity contribution in [3.05, 3.63) is 28.7 Å². The second-order valence-electron chi connectivity index (χ2n) is 5.72. The van der Waals surface area contributed by atoms with Gasteiger partial charge < -0.3 is 19.4 Å². The van der Waals surface area contributed by atoms with Crippen molar-refractivity contribution < 1.29 is 14.3 Å². The van der Waals surface area contributed by atoms with E-state index in [2.05, 4.69) is 20.5 Å². The van der Waals surface area contributed by atoms with Crippen molar-refractivity contribution in [3.63, 3.8) is 0 Å². The number of thiazole rings is 1. The molecule has 1 aliphatic heterocycles. The first-order chi connectivity index (χ1) is 11.7. The molecular weight excluding hydrogens is 330 g/mol. The van der Waals surface area contributed by atoms with E-state index >= 15 is 0 Å². The van der Waals surface area contributed by atoms with E-state index < -0.39 is 0 Å². The Bertz CT molecular complexity index is 645. The largest absolute Gasteiger partial charge is 0.379 e. The molecule has 1 aliphatic rings. The molecule has 0 spiro atoms. The highest BCUT2D eigenvalue weighted by atomic mass is 32.1. The summed E-state index contributed by atoms with van der Waals surface area (Å²) >= 11 is 1.55. The molecule has 0 bridgehead atoms. The van der Waals surface area contributed by atoms with Crippen molar-refractivity contribution >= 4 is 17.2 Å². The van der Waals surface area contributed by atoms with E-state index in [4.69, 9.17) is 9.47 Å². The molecular formula is C15H21N5O3S. The second kappa shape index (κ2) is 8.32. The molecule has 2 atom stereocenters. The third-order valence-corrected chi connectivity index (χ3v) is 4.58. The number of nitrogens with zero attached hydrogens (tertiary/aromatic N) is 4. The highest BCUT2D eigenvalue weighted by molar-refractivity contribution is 7.07. The van der Waals surface area contributed by atoms with Crippen LogP contribution in [0.2, 0.25) is 0 Å². The summed E-state index contributed by atoms with van der Waals surface area (Å²) in [4.78, 5) is 16.4. The fourth-order valence-corrected chi connectivity index (χ4v) is 3.13. The summed E-state index contributed by atoms with van der Waals surface area (Å²) in [6.07, 6.45) is 3.25. The van der Waals surface area contributed by atoms with Gasteiger partial charge in [-0.2, -0.15) is 0 Å². The lowest BCUT2D eigenvalue weighted by molar-refractivity contribution is -0.126. The van der Waals surface area contributed by atoms with Crippen LogP contribution in [0.1, 0.15) is 24.4 Å². The van der Waals surface area contributed by atoms with Gasteiger partial charge in [-0.05, 0) is 6.42 Å². The molecule has 3 heterocycles.